The maximum absolute atomic E-state index is 12.9. The number of piperidine rings is 1. The maximum Gasteiger partial charge on any atom is 0.253 e. The van der Waals surface area contributed by atoms with Crippen LogP contribution in [0.1, 0.15) is 47.2 Å². The van der Waals surface area contributed by atoms with Crippen molar-refractivity contribution in [3.05, 3.63) is 65.2 Å². The molecule has 2 aromatic rings. The molecule has 0 unspecified atom stereocenters. The summed E-state index contributed by atoms with van der Waals surface area (Å²) in [5, 5.41) is 3.14. The van der Waals surface area contributed by atoms with Gasteiger partial charge in [-0.05, 0) is 67.5 Å². The Hall–Kier alpha value is -3.15. The second-order valence-electron chi connectivity index (χ2n) is 9.15. The topological polar surface area (TPSA) is 69.7 Å². The maximum atomic E-state index is 12.9. The molecule has 5 rings (SSSR count). The van der Waals surface area contributed by atoms with Crippen molar-refractivity contribution in [3.8, 4) is 0 Å². The van der Waals surface area contributed by atoms with Crippen LogP contribution in [-0.4, -0.2) is 48.3 Å². The Bertz CT molecular complexity index is 1030. The molecular weight excluding hydrogens is 402 g/mol. The third kappa shape index (κ3) is 4.14. The molecule has 0 saturated carbocycles. The van der Waals surface area contributed by atoms with Crippen LogP contribution in [0.15, 0.2) is 48.5 Å². The van der Waals surface area contributed by atoms with E-state index in [1.165, 1.54) is 17.5 Å². The van der Waals surface area contributed by atoms with Gasteiger partial charge in [-0.2, -0.15) is 0 Å². The monoisotopic (exact) mass is 431 g/mol. The lowest BCUT2D eigenvalue weighted by molar-refractivity contribution is -0.127. The summed E-state index contributed by atoms with van der Waals surface area (Å²) in [6, 6.07) is 15.6. The second-order valence-corrected chi connectivity index (χ2v) is 9.15. The predicted octanol–water partition coefficient (Wildman–Crippen LogP) is 2.95. The van der Waals surface area contributed by atoms with Crippen molar-refractivity contribution < 1.29 is 14.4 Å². The van der Waals surface area contributed by atoms with Gasteiger partial charge >= 0.3 is 0 Å². The molecule has 3 amide bonds. The van der Waals surface area contributed by atoms with Crippen LogP contribution in [0.5, 0.6) is 0 Å². The fourth-order valence-electron chi connectivity index (χ4n) is 5.17. The van der Waals surface area contributed by atoms with Crippen LogP contribution < -0.4 is 10.2 Å². The number of fused-ring (bicyclic) bond motifs is 1. The second kappa shape index (κ2) is 8.77. The molecule has 0 spiro atoms. The Labute approximate surface area is 188 Å². The number of nitrogens with zero attached hydrogens (tertiary/aromatic N) is 2. The van der Waals surface area contributed by atoms with Gasteiger partial charge in [-0.15, -0.1) is 0 Å². The van der Waals surface area contributed by atoms with Crippen molar-refractivity contribution in [2.45, 2.75) is 44.6 Å². The molecule has 2 fully saturated rings. The highest BCUT2D eigenvalue weighted by molar-refractivity contribution is 6.00. The minimum atomic E-state index is -0.320. The predicted molar refractivity (Wildman–Crippen MR) is 122 cm³/mol. The number of nitrogens with one attached hydrogen (secondary N) is 1. The Balaban J connectivity index is 1.14. The van der Waals surface area contributed by atoms with Gasteiger partial charge in [0, 0.05) is 43.3 Å². The van der Waals surface area contributed by atoms with Gasteiger partial charge in [0.25, 0.3) is 5.91 Å². The van der Waals surface area contributed by atoms with Crippen LogP contribution in [0.3, 0.4) is 0 Å². The largest absolute Gasteiger partial charge is 0.353 e. The molecule has 1 aliphatic carbocycles. The Morgan fingerprint density at radius 2 is 1.69 bits per heavy atom. The fourth-order valence-corrected chi connectivity index (χ4v) is 5.17. The molecule has 2 heterocycles. The van der Waals surface area contributed by atoms with E-state index in [1.54, 1.807) is 4.90 Å². The quantitative estimate of drug-likeness (QED) is 0.809. The molecule has 1 atom stereocenters. The van der Waals surface area contributed by atoms with Gasteiger partial charge in [0.05, 0.1) is 5.92 Å². The van der Waals surface area contributed by atoms with Crippen LogP contribution in [0.4, 0.5) is 5.69 Å². The van der Waals surface area contributed by atoms with Gasteiger partial charge in [-0.25, -0.2) is 0 Å². The van der Waals surface area contributed by atoms with Crippen molar-refractivity contribution in [1.29, 1.82) is 0 Å². The van der Waals surface area contributed by atoms with Gasteiger partial charge in [-0.3, -0.25) is 14.4 Å². The number of likely N-dealkylation sites (tertiary alicyclic amines) is 1. The third-order valence-corrected chi connectivity index (χ3v) is 7.04. The van der Waals surface area contributed by atoms with Gasteiger partial charge in [-0.1, -0.05) is 24.3 Å². The van der Waals surface area contributed by atoms with E-state index in [2.05, 4.69) is 17.4 Å². The minimum Gasteiger partial charge on any atom is -0.353 e. The van der Waals surface area contributed by atoms with Crippen molar-refractivity contribution in [2.75, 3.05) is 24.5 Å². The molecule has 2 saturated heterocycles. The summed E-state index contributed by atoms with van der Waals surface area (Å²) in [5.74, 6) is -0.303. The van der Waals surface area contributed by atoms with E-state index < -0.39 is 0 Å². The number of anilines is 1. The summed E-state index contributed by atoms with van der Waals surface area (Å²) >= 11 is 0. The first-order valence-electron chi connectivity index (χ1n) is 11.7. The summed E-state index contributed by atoms with van der Waals surface area (Å²) in [6.07, 6.45) is 5.09. The molecular formula is C26H29N3O3. The summed E-state index contributed by atoms with van der Waals surface area (Å²) in [5.41, 5.74) is 4.33. The number of aryl methyl sites for hydroxylation is 2. The first-order chi connectivity index (χ1) is 15.6. The lowest BCUT2D eigenvalue weighted by atomic mass is 10.0. The van der Waals surface area contributed by atoms with E-state index >= 15 is 0 Å². The van der Waals surface area contributed by atoms with Crippen molar-refractivity contribution in [1.82, 2.24) is 10.2 Å². The van der Waals surface area contributed by atoms with Crippen LogP contribution in [0.2, 0.25) is 0 Å². The number of hydrogen-bond acceptors (Lipinski definition) is 3. The average molecular weight is 432 g/mol. The number of benzene rings is 2. The number of carbonyl (C=O) groups excluding carboxylic acids is 3. The lowest BCUT2D eigenvalue weighted by Crippen LogP contribution is -2.48. The van der Waals surface area contributed by atoms with Gasteiger partial charge in [0.2, 0.25) is 11.8 Å². The summed E-state index contributed by atoms with van der Waals surface area (Å²) < 4.78 is 0. The summed E-state index contributed by atoms with van der Waals surface area (Å²) in [7, 11) is 0. The standard InChI is InChI=1S/C26H29N3O3/c30-24-16-21(17-29(24)23-10-9-18-7-4-8-20(18)15-23)25(31)27-22-11-13-28(14-12-22)26(32)19-5-2-1-3-6-19/h1-3,5-6,9-10,15,21-22H,4,7-8,11-14,16-17H2,(H,27,31)/t21-/m0/s1. The molecule has 2 aromatic carbocycles. The van der Waals surface area contributed by atoms with E-state index in [0.29, 0.717) is 25.2 Å². The molecule has 6 nitrogen and oxygen atoms in total. The molecule has 0 aromatic heterocycles. The lowest BCUT2D eigenvalue weighted by Gasteiger charge is -2.33. The van der Waals surface area contributed by atoms with Crippen LogP contribution in [0.25, 0.3) is 0 Å². The van der Waals surface area contributed by atoms with Crippen molar-refractivity contribution in [3.63, 3.8) is 0 Å². The van der Waals surface area contributed by atoms with Crippen LogP contribution in [-0.2, 0) is 22.4 Å². The molecule has 166 valence electrons. The van der Waals surface area contributed by atoms with Gasteiger partial charge < -0.3 is 15.1 Å². The Morgan fingerprint density at radius 3 is 2.47 bits per heavy atom. The van der Waals surface area contributed by atoms with Gasteiger partial charge in [0.15, 0.2) is 0 Å². The normalized spacial score (nSPS) is 21.0. The molecule has 3 aliphatic rings. The fraction of sp³-hybridized carbons (Fsp3) is 0.423. The Morgan fingerprint density at radius 1 is 0.938 bits per heavy atom. The van der Waals surface area contributed by atoms with Crippen LogP contribution >= 0.6 is 0 Å². The minimum absolute atomic E-state index is 0.0198. The SMILES string of the molecule is O=C(NC1CCN(C(=O)c2ccccc2)CC1)[C@H]1CC(=O)N(c2ccc3c(c2)CCC3)C1. The number of amides is 3. The Kier molecular flexibility index (Phi) is 5.68. The smallest absolute Gasteiger partial charge is 0.253 e. The third-order valence-electron chi connectivity index (χ3n) is 7.04. The van der Waals surface area contributed by atoms with Crippen molar-refractivity contribution >= 4 is 23.4 Å². The zero-order valence-electron chi connectivity index (χ0n) is 18.3. The van der Waals surface area contributed by atoms with Crippen molar-refractivity contribution in [2.24, 2.45) is 5.92 Å². The molecule has 0 bridgehead atoms. The zero-order chi connectivity index (χ0) is 22.1. The highest BCUT2D eigenvalue weighted by Crippen LogP contribution is 2.30. The van der Waals surface area contributed by atoms with Crippen LogP contribution in [0, 0.1) is 5.92 Å². The molecule has 6 heteroatoms. The molecule has 32 heavy (non-hydrogen) atoms. The summed E-state index contributed by atoms with van der Waals surface area (Å²) in [6.45, 7) is 1.70. The average Bonchev–Trinajstić information content (AvgIpc) is 3.45. The highest BCUT2D eigenvalue weighted by Gasteiger charge is 2.36. The highest BCUT2D eigenvalue weighted by atomic mass is 16.2. The number of hydrogen-bond donors (Lipinski definition) is 1. The summed E-state index contributed by atoms with van der Waals surface area (Å²) in [4.78, 5) is 41.8. The first-order valence-corrected chi connectivity index (χ1v) is 11.7. The van der Waals surface area contributed by atoms with E-state index in [4.69, 9.17) is 0 Å². The zero-order valence-corrected chi connectivity index (χ0v) is 18.3. The van der Waals surface area contributed by atoms with E-state index in [9.17, 15) is 14.4 Å². The van der Waals surface area contributed by atoms with E-state index in [1.807, 2.05) is 41.3 Å². The van der Waals surface area contributed by atoms with E-state index in [-0.39, 0.29) is 36.1 Å². The molecule has 1 N–H and O–H groups in total. The molecule has 0 radical (unpaired) electrons. The number of carbonyl (C=O) groups is 3. The molecule has 2 aliphatic heterocycles. The number of rotatable bonds is 4. The first kappa shape index (κ1) is 20.7. The van der Waals surface area contributed by atoms with E-state index in [0.717, 1.165) is 31.4 Å². The van der Waals surface area contributed by atoms with Gasteiger partial charge in [0.1, 0.15) is 0 Å².